The highest BCUT2D eigenvalue weighted by Gasteiger charge is 2.50. The predicted octanol–water partition coefficient (Wildman–Crippen LogP) is 20.4. The second-order valence-electron chi connectivity index (χ2n) is 36.8. The lowest BCUT2D eigenvalue weighted by Crippen LogP contribution is -2.30. The molecule has 38 atom stereocenters. The monoisotopic (exact) mass is 1370 g/mol. The summed E-state index contributed by atoms with van der Waals surface area (Å²) in [7, 11) is 3.48. The van der Waals surface area contributed by atoms with Gasteiger partial charge in [0.1, 0.15) is 0 Å². The number of fused-ring (bicyclic) bond motifs is 22. The lowest BCUT2D eigenvalue weighted by Gasteiger charge is -2.24. The molecule has 38 unspecified atom stereocenters. The third kappa shape index (κ3) is 17.2. The molecule has 6 aliphatic heterocycles. The molecule has 0 aromatic rings. The van der Waals surface area contributed by atoms with Crippen LogP contribution in [0.25, 0.3) is 0 Å². The number of carbonyl (C=O) groups excluding carboxylic acids is 1. The molecule has 0 amide bonds. The Morgan fingerprint density at radius 3 is 0.790 bits per heavy atom. The lowest BCUT2D eigenvalue weighted by atomic mass is 9.84. The van der Waals surface area contributed by atoms with E-state index in [9.17, 15) is 9.59 Å². The van der Waals surface area contributed by atoms with Gasteiger partial charge in [0, 0.05) is 11.8 Å². The number of esters is 1. The maximum absolute atomic E-state index is 11.3. The van der Waals surface area contributed by atoms with Crippen LogP contribution >= 0.6 is 0 Å². The molecule has 0 aromatic carbocycles. The van der Waals surface area contributed by atoms with Crippen LogP contribution in [-0.4, -0.2) is 74.4 Å². The van der Waals surface area contributed by atoms with Crippen molar-refractivity contribution in [3.05, 3.63) is 134 Å². The molecule has 8 heteroatoms. The summed E-state index contributed by atoms with van der Waals surface area (Å²) in [6.07, 6.45) is 71.8. The first-order chi connectivity index (χ1) is 48.0. The fraction of sp³-hybridized carbons (Fsp3) is 0.739. The Morgan fingerprint density at radius 1 is 0.320 bits per heavy atom. The number of carboxylic acid groups (broad SMARTS) is 1. The van der Waals surface area contributed by atoms with E-state index >= 15 is 0 Å². The van der Waals surface area contributed by atoms with Crippen molar-refractivity contribution in [2.24, 2.45) is 189 Å². The van der Waals surface area contributed by atoms with Crippen molar-refractivity contribution in [2.75, 3.05) is 20.7 Å². The molecule has 2 N–H and O–H groups in total. The van der Waals surface area contributed by atoms with Crippen LogP contribution < -0.4 is 5.32 Å². The first-order valence-electron chi connectivity index (χ1n) is 41.5. The third-order valence-corrected chi connectivity index (χ3v) is 30.7. The van der Waals surface area contributed by atoms with E-state index in [-0.39, 0.29) is 54.1 Å². The van der Waals surface area contributed by atoms with Gasteiger partial charge in [0.05, 0.1) is 55.6 Å². The standard InChI is InChI=1S/C10H17N.C9H12O3.2C9H14.C8H10O3.C8H12O.4C8H12.C7H10/c1-7-8-3-4-9(5-8)10(7)6-11-2;1-5-6-3-4-7(12-6)8(5)9(10)11-2;2*1-6-7(2)9-4-3-8(6)5-9;1-4-5-2-3-6(11-5)7(4)8(9)10;1-5-6(2)8-4-3-7(5)9-8;4*1-6-4-7-2-3-8(6)5-7;1-2-7-4-3-6(1)5-7/h3-4,7-11H,5-6H2,1-2H3;3-8H,1-2H3;2*3-4,6-9H,5H2,1-2H3;2-7H,1H3,(H,9,10);3-8H,1-2H3;4*2-3,6-8H,4-5H2,1H3;1-2,6-7H,3-5H2. The van der Waals surface area contributed by atoms with Crippen molar-refractivity contribution < 1.29 is 33.6 Å². The Hall–Kier alpha value is -4.08. The van der Waals surface area contributed by atoms with Gasteiger partial charge in [-0.15, -0.1) is 0 Å². The quantitative estimate of drug-likeness (QED) is 0.212. The average Bonchev–Trinajstić information content (AvgIpc) is 1.69. The molecule has 0 spiro atoms. The summed E-state index contributed by atoms with van der Waals surface area (Å²) >= 11 is 0. The molecule has 0 aromatic heterocycles. The van der Waals surface area contributed by atoms with E-state index in [2.05, 4.69) is 198 Å². The van der Waals surface area contributed by atoms with Crippen LogP contribution in [0.4, 0.5) is 0 Å². The Kier molecular flexibility index (Phi) is 25.4. The summed E-state index contributed by atoms with van der Waals surface area (Å²) in [6, 6.07) is 0. The van der Waals surface area contributed by atoms with Crippen LogP contribution in [0.1, 0.15) is 180 Å². The average molecular weight is 1370 g/mol. The normalized spacial score (nSPS) is 49.8. The van der Waals surface area contributed by atoms with Crippen LogP contribution in [0.2, 0.25) is 0 Å². The molecule has 8 nitrogen and oxygen atoms in total. The van der Waals surface area contributed by atoms with Crippen LogP contribution in [0.3, 0.4) is 0 Å². The van der Waals surface area contributed by atoms with Crippen molar-refractivity contribution in [3.8, 4) is 0 Å². The highest BCUT2D eigenvalue weighted by atomic mass is 16.5. The maximum atomic E-state index is 11.3. The van der Waals surface area contributed by atoms with E-state index in [1.54, 1.807) is 0 Å². The van der Waals surface area contributed by atoms with Crippen molar-refractivity contribution in [2.45, 2.75) is 217 Å². The molecule has 22 rings (SSSR count). The van der Waals surface area contributed by atoms with Gasteiger partial charge in [0.25, 0.3) is 0 Å². The van der Waals surface area contributed by atoms with Gasteiger partial charge < -0.3 is 29.4 Å². The number of nitrogens with one attached hydrogen (secondary N) is 1. The third-order valence-electron chi connectivity index (χ3n) is 30.7. The number of aliphatic carboxylic acids is 1. The van der Waals surface area contributed by atoms with E-state index < -0.39 is 5.97 Å². The molecule has 22 aliphatic rings. The second kappa shape index (κ2) is 33.6. The largest absolute Gasteiger partial charge is 0.481 e. The number of allylic oxidation sites excluding steroid dienone is 16. The Bertz CT molecular complexity index is 2790. The van der Waals surface area contributed by atoms with E-state index in [0.717, 1.165) is 166 Å². The van der Waals surface area contributed by atoms with Gasteiger partial charge in [-0.1, -0.05) is 224 Å². The summed E-state index contributed by atoms with van der Waals surface area (Å²) in [5.74, 6) is 25.4. The van der Waals surface area contributed by atoms with Crippen molar-refractivity contribution in [1.82, 2.24) is 5.32 Å². The minimum absolute atomic E-state index is 0.0427. The first kappa shape index (κ1) is 75.6. The van der Waals surface area contributed by atoms with E-state index in [4.69, 9.17) is 24.1 Å². The van der Waals surface area contributed by atoms with Crippen LogP contribution in [-0.2, 0) is 28.5 Å². The van der Waals surface area contributed by atoms with Crippen LogP contribution in [0.5, 0.6) is 0 Å². The number of rotatable bonds is 4. The number of hydrogen-bond donors (Lipinski definition) is 2. The predicted molar refractivity (Wildman–Crippen MR) is 410 cm³/mol. The van der Waals surface area contributed by atoms with Crippen molar-refractivity contribution in [1.29, 1.82) is 0 Å². The van der Waals surface area contributed by atoms with Gasteiger partial charge in [-0.2, -0.15) is 0 Å². The Balaban J connectivity index is 0.000000105. The molecule has 22 bridgehead atoms. The molecule has 11 fully saturated rings. The Labute approximate surface area is 607 Å². The van der Waals surface area contributed by atoms with Crippen LogP contribution in [0.15, 0.2) is 134 Å². The summed E-state index contributed by atoms with van der Waals surface area (Å²) in [5.41, 5.74) is 0. The summed E-state index contributed by atoms with van der Waals surface area (Å²) in [6.45, 7) is 31.1. The second-order valence-corrected chi connectivity index (χ2v) is 36.8. The van der Waals surface area contributed by atoms with E-state index in [1.807, 2.05) is 38.2 Å². The number of hydrogen-bond acceptors (Lipinski definition) is 7. The highest BCUT2D eigenvalue weighted by Crippen LogP contribution is 2.51. The van der Waals surface area contributed by atoms with Crippen molar-refractivity contribution >= 4 is 11.9 Å². The number of ether oxygens (including phenoxy) is 4. The van der Waals surface area contributed by atoms with E-state index in [1.165, 1.54) is 104 Å². The zero-order valence-electron chi connectivity index (χ0n) is 64.6. The van der Waals surface area contributed by atoms with Crippen molar-refractivity contribution in [3.63, 3.8) is 0 Å². The maximum Gasteiger partial charge on any atom is 0.312 e. The number of methoxy groups -OCH3 is 1. The molecule has 0 radical (unpaired) electrons. The van der Waals surface area contributed by atoms with Gasteiger partial charge in [-0.05, 0) is 269 Å². The van der Waals surface area contributed by atoms with Gasteiger partial charge in [0.15, 0.2) is 0 Å². The smallest absolute Gasteiger partial charge is 0.312 e. The molecule has 6 heterocycles. The molecule has 16 aliphatic carbocycles. The minimum atomic E-state index is -0.741. The first-order valence-corrected chi connectivity index (χ1v) is 41.5. The molecule has 100 heavy (non-hydrogen) atoms. The molecular formula is C92H137NO7. The minimum Gasteiger partial charge on any atom is -0.481 e. The highest BCUT2D eigenvalue weighted by molar-refractivity contribution is 5.75. The summed E-state index contributed by atoms with van der Waals surface area (Å²) in [4.78, 5) is 22.0. The zero-order chi connectivity index (χ0) is 70.8. The summed E-state index contributed by atoms with van der Waals surface area (Å²) < 4.78 is 21.2. The molecule has 552 valence electrons. The van der Waals surface area contributed by atoms with Gasteiger partial charge in [-0.3, -0.25) is 9.59 Å². The van der Waals surface area contributed by atoms with E-state index in [0.29, 0.717) is 12.2 Å². The molecule has 8 saturated carbocycles. The molecule has 3 saturated heterocycles. The zero-order valence-corrected chi connectivity index (χ0v) is 64.6. The summed E-state index contributed by atoms with van der Waals surface area (Å²) in [5, 5.41) is 12.1. The fourth-order valence-electron chi connectivity index (χ4n) is 22.9. The SMILES string of the molecule is C1=CC2CCC1C2.CC1C2C=CC(C2)C1C.CC1C2C=CC(C2)C1C.CC1C2C=CC(O2)C1C.CC1C2C=CC(O2)C1C(=O)O.CC1CC2C=CC1C2.CC1CC2C=CC1C2.CC1CC2C=CC1C2.CC1CC2C=CC1C2.CNCC1C2C=CC(C2)C1C.COC(=O)C1C2C=CC(O2)C1C. The van der Waals surface area contributed by atoms with Gasteiger partial charge >= 0.3 is 11.9 Å². The van der Waals surface area contributed by atoms with Gasteiger partial charge in [0.2, 0.25) is 0 Å². The molecular weight excluding hydrogens is 1230 g/mol. The number of carboxylic acids is 1. The fourth-order valence-corrected chi connectivity index (χ4v) is 22.9. The number of carbonyl (C=O) groups is 2. The lowest BCUT2D eigenvalue weighted by molar-refractivity contribution is -0.147. The van der Waals surface area contributed by atoms with Gasteiger partial charge in [-0.25, -0.2) is 0 Å². The topological polar surface area (TPSA) is 103 Å². The Morgan fingerprint density at radius 2 is 0.610 bits per heavy atom. The van der Waals surface area contributed by atoms with Crippen LogP contribution in [0, 0.1) is 189 Å².